The first-order valence-electron chi connectivity index (χ1n) is 7.39. The highest BCUT2D eigenvalue weighted by atomic mass is 32.1. The third-order valence-electron chi connectivity index (χ3n) is 3.10. The molecule has 1 amide bonds. The smallest absolute Gasteiger partial charge is 0.263 e. The maximum absolute atomic E-state index is 12.1. The third-order valence-corrected chi connectivity index (χ3v) is 4.23. The van der Waals surface area contributed by atoms with Gasteiger partial charge in [-0.1, -0.05) is 0 Å². The molecule has 0 fully saturated rings. The summed E-state index contributed by atoms with van der Waals surface area (Å²) >= 11 is 1.35. The number of rotatable bonds is 8. The minimum Gasteiger partial charge on any atom is -0.485 e. The Morgan fingerprint density at radius 2 is 2.17 bits per heavy atom. The van der Waals surface area contributed by atoms with Crippen LogP contribution in [0.25, 0.3) is 0 Å². The van der Waals surface area contributed by atoms with Gasteiger partial charge in [0.25, 0.3) is 5.91 Å². The molecular weight excluding hydrogens is 314 g/mol. The minimum absolute atomic E-state index is 0.0978. The van der Waals surface area contributed by atoms with Crippen LogP contribution in [0.15, 0.2) is 18.3 Å². The van der Waals surface area contributed by atoms with E-state index in [1.54, 1.807) is 13.3 Å². The van der Waals surface area contributed by atoms with E-state index in [0.29, 0.717) is 30.4 Å². The molecule has 0 spiro atoms. The van der Waals surface area contributed by atoms with Crippen molar-refractivity contribution in [1.29, 1.82) is 0 Å². The van der Waals surface area contributed by atoms with Gasteiger partial charge >= 0.3 is 0 Å². The fourth-order valence-electron chi connectivity index (χ4n) is 1.91. The van der Waals surface area contributed by atoms with E-state index in [-0.39, 0.29) is 5.91 Å². The first-order valence-corrected chi connectivity index (χ1v) is 8.20. The van der Waals surface area contributed by atoms with Crippen LogP contribution >= 0.6 is 11.3 Å². The Kier molecular flexibility index (Phi) is 6.49. The van der Waals surface area contributed by atoms with Crippen molar-refractivity contribution in [3.05, 3.63) is 39.6 Å². The Labute approximate surface area is 139 Å². The fourth-order valence-corrected chi connectivity index (χ4v) is 2.80. The first-order chi connectivity index (χ1) is 11.1. The number of aryl methyl sites for hydroxylation is 2. The number of methoxy groups -OCH3 is 1. The lowest BCUT2D eigenvalue weighted by Gasteiger charge is -2.03. The summed E-state index contributed by atoms with van der Waals surface area (Å²) in [5.74, 6) is 0.591. The molecule has 0 aliphatic rings. The second-order valence-electron chi connectivity index (χ2n) is 5.05. The average molecular weight is 335 g/mol. The number of carbonyl (C=O) groups excluding carboxylic acids is 1. The first kappa shape index (κ1) is 17.4. The number of ether oxygens (including phenoxy) is 2. The van der Waals surface area contributed by atoms with Gasteiger partial charge in [0.05, 0.1) is 11.9 Å². The van der Waals surface area contributed by atoms with E-state index in [1.165, 1.54) is 11.3 Å². The Balaban J connectivity index is 1.89. The number of carbonyl (C=O) groups is 1. The Morgan fingerprint density at radius 3 is 2.87 bits per heavy atom. The summed E-state index contributed by atoms with van der Waals surface area (Å²) in [6, 6.07) is 3.76. The van der Waals surface area contributed by atoms with Crippen molar-refractivity contribution >= 4 is 17.2 Å². The molecule has 0 aliphatic heterocycles. The molecule has 23 heavy (non-hydrogen) atoms. The van der Waals surface area contributed by atoms with Gasteiger partial charge < -0.3 is 14.8 Å². The van der Waals surface area contributed by atoms with Gasteiger partial charge in [0.2, 0.25) is 0 Å². The zero-order chi connectivity index (χ0) is 16.7. The van der Waals surface area contributed by atoms with Crippen LogP contribution in [0.2, 0.25) is 0 Å². The van der Waals surface area contributed by atoms with Gasteiger partial charge in [-0.15, -0.1) is 11.3 Å². The predicted octanol–water partition coefficient (Wildman–Crippen LogP) is 2.50. The predicted molar refractivity (Wildman–Crippen MR) is 89.0 cm³/mol. The summed E-state index contributed by atoms with van der Waals surface area (Å²) in [7, 11) is 1.64. The lowest BCUT2D eigenvalue weighted by molar-refractivity contribution is 0.0952. The largest absolute Gasteiger partial charge is 0.485 e. The minimum atomic E-state index is -0.0978. The zero-order valence-corrected chi connectivity index (χ0v) is 14.4. The number of nitrogens with zero attached hydrogens (tertiary/aromatic N) is 2. The topological polar surface area (TPSA) is 73.3 Å². The fraction of sp³-hybridized carbons (Fsp3) is 0.438. The number of nitrogens with one attached hydrogen (secondary N) is 1. The van der Waals surface area contributed by atoms with Gasteiger partial charge in [-0.3, -0.25) is 9.78 Å². The molecule has 2 aromatic rings. The molecule has 2 heterocycles. The summed E-state index contributed by atoms with van der Waals surface area (Å²) in [6.45, 7) is 5.30. The summed E-state index contributed by atoms with van der Waals surface area (Å²) in [4.78, 5) is 21.3. The molecule has 1 N–H and O–H groups in total. The van der Waals surface area contributed by atoms with E-state index in [1.807, 2.05) is 26.0 Å². The lowest BCUT2D eigenvalue weighted by Crippen LogP contribution is -2.24. The molecule has 0 unspecified atom stereocenters. The number of hydrogen-bond donors (Lipinski definition) is 1. The molecule has 2 aromatic heterocycles. The number of amides is 1. The number of pyridine rings is 1. The van der Waals surface area contributed by atoms with Crippen molar-refractivity contribution in [2.24, 2.45) is 0 Å². The van der Waals surface area contributed by atoms with Gasteiger partial charge in [-0.2, -0.15) is 0 Å². The molecule has 0 saturated carbocycles. The van der Waals surface area contributed by atoms with E-state index >= 15 is 0 Å². The summed E-state index contributed by atoms with van der Waals surface area (Å²) in [5, 5.41) is 3.64. The van der Waals surface area contributed by atoms with Crippen LogP contribution in [0.5, 0.6) is 5.75 Å². The van der Waals surface area contributed by atoms with Crippen LogP contribution in [0.1, 0.15) is 32.5 Å². The van der Waals surface area contributed by atoms with Crippen LogP contribution < -0.4 is 10.1 Å². The molecular formula is C16H21N3O3S. The lowest BCUT2D eigenvalue weighted by atomic mass is 10.3. The van der Waals surface area contributed by atoms with Crippen LogP contribution in [0, 0.1) is 13.8 Å². The summed E-state index contributed by atoms with van der Waals surface area (Å²) in [6.07, 6.45) is 2.47. The van der Waals surface area contributed by atoms with Crippen molar-refractivity contribution < 1.29 is 14.3 Å². The zero-order valence-electron chi connectivity index (χ0n) is 13.6. The molecule has 6 nitrogen and oxygen atoms in total. The molecule has 2 rings (SSSR count). The van der Waals surface area contributed by atoms with Crippen molar-refractivity contribution in [3.8, 4) is 5.75 Å². The van der Waals surface area contributed by atoms with Crippen molar-refractivity contribution in [3.63, 3.8) is 0 Å². The molecule has 0 radical (unpaired) electrons. The molecule has 0 saturated heterocycles. The van der Waals surface area contributed by atoms with E-state index in [9.17, 15) is 4.79 Å². The van der Waals surface area contributed by atoms with Crippen molar-refractivity contribution in [2.45, 2.75) is 26.9 Å². The van der Waals surface area contributed by atoms with Gasteiger partial charge in [-0.25, -0.2) is 4.98 Å². The summed E-state index contributed by atoms with van der Waals surface area (Å²) in [5.41, 5.74) is 1.66. The molecule has 0 atom stereocenters. The number of hydrogen-bond acceptors (Lipinski definition) is 6. The van der Waals surface area contributed by atoms with Gasteiger partial charge in [0, 0.05) is 26.0 Å². The highest BCUT2D eigenvalue weighted by Gasteiger charge is 2.15. The molecule has 0 aliphatic carbocycles. The van der Waals surface area contributed by atoms with Crippen LogP contribution in [0.3, 0.4) is 0 Å². The van der Waals surface area contributed by atoms with Crippen LogP contribution in [-0.2, 0) is 11.3 Å². The Hall–Kier alpha value is -1.99. The summed E-state index contributed by atoms with van der Waals surface area (Å²) < 4.78 is 10.6. The SMILES string of the molecule is COCCCNC(=O)c1sc(COc2ccc(C)nc2)nc1C. The number of aromatic nitrogens is 2. The van der Waals surface area contributed by atoms with E-state index in [2.05, 4.69) is 15.3 Å². The number of thiazole rings is 1. The van der Waals surface area contributed by atoms with Crippen LogP contribution in [-0.4, -0.2) is 36.1 Å². The maximum Gasteiger partial charge on any atom is 0.263 e. The standard InChI is InChI=1S/C16H21N3O3S/c1-11-5-6-13(9-18-11)22-10-14-19-12(2)15(23-14)16(20)17-7-4-8-21-3/h5-6,9H,4,7-8,10H2,1-3H3,(H,17,20). The van der Waals surface area contributed by atoms with Crippen molar-refractivity contribution in [1.82, 2.24) is 15.3 Å². The second-order valence-corrected chi connectivity index (χ2v) is 6.13. The monoisotopic (exact) mass is 335 g/mol. The highest BCUT2D eigenvalue weighted by Crippen LogP contribution is 2.20. The molecule has 124 valence electrons. The molecule has 7 heteroatoms. The molecule has 0 aromatic carbocycles. The Morgan fingerprint density at radius 1 is 1.35 bits per heavy atom. The van der Waals surface area contributed by atoms with Gasteiger partial charge in [-0.05, 0) is 32.4 Å². The second kappa shape index (κ2) is 8.59. The maximum atomic E-state index is 12.1. The van der Waals surface area contributed by atoms with E-state index < -0.39 is 0 Å². The van der Waals surface area contributed by atoms with Crippen molar-refractivity contribution in [2.75, 3.05) is 20.3 Å². The average Bonchev–Trinajstić information content (AvgIpc) is 2.92. The normalized spacial score (nSPS) is 10.6. The van der Waals surface area contributed by atoms with Gasteiger partial charge in [0.1, 0.15) is 22.2 Å². The molecule has 0 bridgehead atoms. The van der Waals surface area contributed by atoms with E-state index in [0.717, 1.165) is 22.8 Å². The third kappa shape index (κ3) is 5.30. The quantitative estimate of drug-likeness (QED) is 0.750. The van der Waals surface area contributed by atoms with Gasteiger partial charge in [0.15, 0.2) is 0 Å². The Bertz CT molecular complexity index is 641. The highest BCUT2D eigenvalue weighted by molar-refractivity contribution is 7.13. The van der Waals surface area contributed by atoms with Crippen LogP contribution in [0.4, 0.5) is 0 Å². The van der Waals surface area contributed by atoms with E-state index in [4.69, 9.17) is 9.47 Å².